The standard InChI is InChI=1S/C16H20N4O/c21-16(15-9-18-19-10-15)17-8-14-6-7-20(12-14)11-13-4-2-1-3-5-13/h1-5,9-10,14H,6-8,11-12H2,(H,17,21)(H,18,19). The molecular formula is C16H20N4O. The van der Waals surface area contributed by atoms with Crippen molar-refractivity contribution in [3.8, 4) is 0 Å². The van der Waals surface area contributed by atoms with Crippen molar-refractivity contribution in [2.75, 3.05) is 19.6 Å². The quantitative estimate of drug-likeness (QED) is 0.878. The Morgan fingerprint density at radius 1 is 1.38 bits per heavy atom. The summed E-state index contributed by atoms with van der Waals surface area (Å²) in [5.74, 6) is 0.481. The fourth-order valence-corrected chi connectivity index (χ4v) is 2.78. The summed E-state index contributed by atoms with van der Waals surface area (Å²) in [6.07, 6.45) is 4.30. The van der Waals surface area contributed by atoms with E-state index in [1.54, 1.807) is 12.4 Å². The number of amides is 1. The molecule has 1 aliphatic heterocycles. The van der Waals surface area contributed by atoms with Gasteiger partial charge >= 0.3 is 0 Å². The summed E-state index contributed by atoms with van der Waals surface area (Å²) < 4.78 is 0. The first-order valence-electron chi connectivity index (χ1n) is 7.34. The smallest absolute Gasteiger partial charge is 0.254 e. The normalized spacial score (nSPS) is 18.8. The molecule has 1 aromatic carbocycles. The molecule has 2 heterocycles. The third-order valence-corrected chi connectivity index (χ3v) is 3.93. The van der Waals surface area contributed by atoms with E-state index in [4.69, 9.17) is 0 Å². The number of likely N-dealkylation sites (tertiary alicyclic amines) is 1. The lowest BCUT2D eigenvalue weighted by molar-refractivity contribution is 0.0947. The van der Waals surface area contributed by atoms with Crippen molar-refractivity contribution in [2.45, 2.75) is 13.0 Å². The molecule has 1 aromatic heterocycles. The van der Waals surface area contributed by atoms with Crippen LogP contribution in [0.4, 0.5) is 0 Å². The van der Waals surface area contributed by atoms with E-state index in [1.165, 1.54) is 5.56 Å². The first-order chi connectivity index (χ1) is 10.3. The lowest BCUT2D eigenvalue weighted by Crippen LogP contribution is -2.30. The third-order valence-electron chi connectivity index (χ3n) is 3.93. The van der Waals surface area contributed by atoms with Crippen LogP contribution in [0.1, 0.15) is 22.3 Å². The second-order valence-corrected chi connectivity index (χ2v) is 5.57. The van der Waals surface area contributed by atoms with Gasteiger partial charge in [0.15, 0.2) is 0 Å². The van der Waals surface area contributed by atoms with Crippen LogP contribution in [0.3, 0.4) is 0 Å². The lowest BCUT2D eigenvalue weighted by Gasteiger charge is -2.16. The molecule has 21 heavy (non-hydrogen) atoms. The number of hydrogen-bond donors (Lipinski definition) is 2. The van der Waals surface area contributed by atoms with Crippen LogP contribution in [-0.2, 0) is 6.54 Å². The van der Waals surface area contributed by atoms with Gasteiger partial charge in [-0.2, -0.15) is 5.10 Å². The molecule has 2 N–H and O–H groups in total. The van der Waals surface area contributed by atoms with Crippen LogP contribution < -0.4 is 5.32 Å². The number of nitrogens with zero attached hydrogens (tertiary/aromatic N) is 2. The summed E-state index contributed by atoms with van der Waals surface area (Å²) in [7, 11) is 0. The fourth-order valence-electron chi connectivity index (χ4n) is 2.78. The Kier molecular flexibility index (Phi) is 4.31. The number of rotatable bonds is 5. The first kappa shape index (κ1) is 13.8. The van der Waals surface area contributed by atoms with Crippen molar-refractivity contribution >= 4 is 5.91 Å². The van der Waals surface area contributed by atoms with E-state index in [-0.39, 0.29) is 5.91 Å². The monoisotopic (exact) mass is 284 g/mol. The van der Waals surface area contributed by atoms with Crippen molar-refractivity contribution in [1.29, 1.82) is 0 Å². The van der Waals surface area contributed by atoms with Crippen molar-refractivity contribution in [2.24, 2.45) is 5.92 Å². The van der Waals surface area contributed by atoms with Gasteiger partial charge in [0.1, 0.15) is 0 Å². The van der Waals surface area contributed by atoms with E-state index in [1.807, 2.05) is 6.07 Å². The third kappa shape index (κ3) is 3.70. The number of carbonyl (C=O) groups excluding carboxylic acids is 1. The highest BCUT2D eigenvalue weighted by Crippen LogP contribution is 2.18. The first-order valence-corrected chi connectivity index (χ1v) is 7.34. The van der Waals surface area contributed by atoms with Crippen molar-refractivity contribution in [3.05, 3.63) is 53.9 Å². The van der Waals surface area contributed by atoms with Crippen molar-refractivity contribution in [3.63, 3.8) is 0 Å². The number of aromatic amines is 1. The number of hydrogen-bond acceptors (Lipinski definition) is 3. The number of H-pyrrole nitrogens is 1. The summed E-state index contributed by atoms with van der Waals surface area (Å²) in [6, 6.07) is 10.5. The molecule has 0 spiro atoms. The molecule has 0 bridgehead atoms. The maximum Gasteiger partial charge on any atom is 0.254 e. The topological polar surface area (TPSA) is 61.0 Å². The summed E-state index contributed by atoms with van der Waals surface area (Å²) in [5, 5.41) is 9.43. The van der Waals surface area contributed by atoms with Crippen LogP contribution in [0.2, 0.25) is 0 Å². The molecule has 1 unspecified atom stereocenters. The molecular weight excluding hydrogens is 264 g/mol. The zero-order valence-electron chi connectivity index (χ0n) is 12.0. The second-order valence-electron chi connectivity index (χ2n) is 5.57. The number of benzene rings is 1. The predicted octanol–water partition coefficient (Wildman–Crippen LogP) is 1.66. The average molecular weight is 284 g/mol. The summed E-state index contributed by atoms with van der Waals surface area (Å²) in [4.78, 5) is 14.3. The molecule has 0 saturated carbocycles. The zero-order valence-corrected chi connectivity index (χ0v) is 12.0. The lowest BCUT2D eigenvalue weighted by atomic mass is 10.1. The Labute approximate surface area is 124 Å². The van der Waals surface area contributed by atoms with E-state index >= 15 is 0 Å². The minimum atomic E-state index is -0.0507. The molecule has 1 aliphatic rings. The van der Waals surface area contributed by atoms with Crippen LogP contribution in [0, 0.1) is 5.92 Å². The van der Waals surface area contributed by atoms with Crippen molar-refractivity contribution < 1.29 is 4.79 Å². The highest BCUT2D eigenvalue weighted by molar-refractivity contribution is 5.93. The van der Waals surface area contributed by atoms with Gasteiger partial charge in [0, 0.05) is 25.8 Å². The number of aromatic nitrogens is 2. The number of carbonyl (C=O) groups is 1. The Hall–Kier alpha value is -2.14. The highest BCUT2D eigenvalue weighted by atomic mass is 16.1. The minimum Gasteiger partial charge on any atom is -0.352 e. The average Bonchev–Trinajstić information content (AvgIpc) is 3.17. The van der Waals surface area contributed by atoms with Gasteiger partial charge < -0.3 is 5.32 Å². The van der Waals surface area contributed by atoms with Gasteiger partial charge in [-0.05, 0) is 24.4 Å². The molecule has 110 valence electrons. The van der Waals surface area contributed by atoms with E-state index in [2.05, 4.69) is 44.7 Å². The molecule has 1 fully saturated rings. The zero-order chi connectivity index (χ0) is 14.5. The second kappa shape index (κ2) is 6.54. The molecule has 5 heteroatoms. The Morgan fingerprint density at radius 2 is 2.24 bits per heavy atom. The van der Waals surface area contributed by atoms with E-state index in [9.17, 15) is 4.79 Å². The SMILES string of the molecule is O=C(NCC1CCN(Cc2ccccc2)C1)c1cn[nH]c1. The summed E-state index contributed by atoms with van der Waals surface area (Å²) in [5.41, 5.74) is 1.94. The van der Waals surface area contributed by atoms with Gasteiger partial charge in [-0.15, -0.1) is 0 Å². The van der Waals surface area contributed by atoms with Gasteiger partial charge in [0.2, 0.25) is 0 Å². The molecule has 1 amide bonds. The maximum atomic E-state index is 11.9. The van der Waals surface area contributed by atoms with Crippen LogP contribution in [0.25, 0.3) is 0 Å². The van der Waals surface area contributed by atoms with Crippen LogP contribution in [0.5, 0.6) is 0 Å². The molecule has 2 aromatic rings. The molecule has 1 saturated heterocycles. The predicted molar refractivity (Wildman–Crippen MR) is 80.7 cm³/mol. The maximum absolute atomic E-state index is 11.9. The van der Waals surface area contributed by atoms with E-state index in [0.717, 1.165) is 32.6 Å². The highest BCUT2D eigenvalue weighted by Gasteiger charge is 2.23. The van der Waals surface area contributed by atoms with Gasteiger partial charge in [-0.1, -0.05) is 30.3 Å². The minimum absolute atomic E-state index is 0.0507. The van der Waals surface area contributed by atoms with E-state index < -0.39 is 0 Å². The number of nitrogens with one attached hydrogen (secondary N) is 2. The molecule has 3 rings (SSSR count). The molecule has 0 aliphatic carbocycles. The van der Waals surface area contributed by atoms with Gasteiger partial charge in [-0.3, -0.25) is 14.8 Å². The largest absolute Gasteiger partial charge is 0.352 e. The summed E-state index contributed by atoms with van der Waals surface area (Å²) >= 11 is 0. The Morgan fingerprint density at radius 3 is 3.00 bits per heavy atom. The van der Waals surface area contributed by atoms with Gasteiger partial charge in [-0.25, -0.2) is 0 Å². The molecule has 0 radical (unpaired) electrons. The van der Waals surface area contributed by atoms with Crippen LogP contribution in [0.15, 0.2) is 42.7 Å². The molecule has 1 atom stereocenters. The van der Waals surface area contributed by atoms with Gasteiger partial charge in [0.25, 0.3) is 5.91 Å². The van der Waals surface area contributed by atoms with E-state index in [0.29, 0.717) is 11.5 Å². The fraction of sp³-hybridized carbons (Fsp3) is 0.375. The van der Waals surface area contributed by atoms with Crippen LogP contribution in [-0.4, -0.2) is 40.6 Å². The molecule has 5 nitrogen and oxygen atoms in total. The Bertz CT molecular complexity index is 567. The van der Waals surface area contributed by atoms with Gasteiger partial charge in [0.05, 0.1) is 11.8 Å². The van der Waals surface area contributed by atoms with Crippen LogP contribution >= 0.6 is 0 Å². The Balaban J connectivity index is 1.44. The van der Waals surface area contributed by atoms with Crippen molar-refractivity contribution in [1.82, 2.24) is 20.4 Å². The summed E-state index contributed by atoms with van der Waals surface area (Å²) in [6.45, 7) is 3.87.